The maximum absolute atomic E-state index is 12.2. The van der Waals surface area contributed by atoms with E-state index in [1.54, 1.807) is 36.4 Å². The fourth-order valence-corrected chi connectivity index (χ4v) is 3.61. The molecule has 5 nitrogen and oxygen atoms in total. The van der Waals surface area contributed by atoms with Crippen molar-refractivity contribution < 1.29 is 13.2 Å². The van der Waals surface area contributed by atoms with E-state index in [-0.39, 0.29) is 18.9 Å². The number of rotatable bonds is 6. The van der Waals surface area contributed by atoms with Crippen LogP contribution in [0.1, 0.15) is 17.5 Å². The summed E-state index contributed by atoms with van der Waals surface area (Å²) in [5.41, 5.74) is 2.96. The average molecular weight is 381 g/mol. The van der Waals surface area contributed by atoms with Crippen LogP contribution in [-0.4, -0.2) is 27.1 Å². The Hall–Kier alpha value is -2.05. The Morgan fingerprint density at radius 1 is 1.12 bits per heavy atom. The molecule has 25 heavy (non-hydrogen) atoms. The smallest absolute Gasteiger partial charge is 0.232 e. The van der Waals surface area contributed by atoms with Crippen molar-refractivity contribution in [1.29, 1.82) is 0 Å². The summed E-state index contributed by atoms with van der Waals surface area (Å²) in [6.07, 6.45) is 1.16. The van der Waals surface area contributed by atoms with Gasteiger partial charge in [-0.1, -0.05) is 35.9 Å². The van der Waals surface area contributed by atoms with Crippen molar-refractivity contribution in [1.82, 2.24) is 0 Å². The monoisotopic (exact) mass is 380 g/mol. The molecule has 0 fully saturated rings. The van der Waals surface area contributed by atoms with E-state index in [0.29, 0.717) is 16.4 Å². The number of halogens is 1. The molecule has 7 heteroatoms. The van der Waals surface area contributed by atoms with Gasteiger partial charge < -0.3 is 5.32 Å². The van der Waals surface area contributed by atoms with Gasteiger partial charge in [0.25, 0.3) is 0 Å². The molecule has 0 unspecified atom stereocenters. The van der Waals surface area contributed by atoms with Crippen molar-refractivity contribution in [3.05, 3.63) is 58.6 Å². The molecule has 134 valence electrons. The number of para-hydroxylation sites is 1. The summed E-state index contributed by atoms with van der Waals surface area (Å²) < 4.78 is 25.7. The van der Waals surface area contributed by atoms with Crippen molar-refractivity contribution >= 4 is 38.9 Å². The largest absolute Gasteiger partial charge is 0.325 e. The molecule has 1 amide bonds. The highest BCUT2D eigenvalue weighted by atomic mass is 35.5. The van der Waals surface area contributed by atoms with E-state index in [9.17, 15) is 13.2 Å². The Kier molecular flexibility index (Phi) is 6.08. The zero-order valence-electron chi connectivity index (χ0n) is 14.4. The number of benzene rings is 2. The number of nitrogens with zero attached hydrogens (tertiary/aromatic N) is 1. The van der Waals surface area contributed by atoms with Crippen LogP contribution in [-0.2, 0) is 14.8 Å². The fourth-order valence-electron chi connectivity index (χ4n) is 2.45. The minimum absolute atomic E-state index is 0.0195. The van der Waals surface area contributed by atoms with Crippen LogP contribution in [0.3, 0.4) is 0 Å². The van der Waals surface area contributed by atoms with Crippen molar-refractivity contribution in [3.8, 4) is 0 Å². The number of nitrogens with one attached hydrogen (secondary N) is 1. The van der Waals surface area contributed by atoms with Gasteiger partial charge in [0.1, 0.15) is 0 Å². The molecule has 0 saturated heterocycles. The molecule has 2 aromatic rings. The zero-order chi connectivity index (χ0) is 18.6. The Labute approximate surface area is 153 Å². The molecule has 2 rings (SSSR count). The van der Waals surface area contributed by atoms with E-state index in [0.717, 1.165) is 17.4 Å². The van der Waals surface area contributed by atoms with Gasteiger partial charge in [-0.2, -0.15) is 0 Å². The van der Waals surface area contributed by atoms with E-state index in [4.69, 9.17) is 11.6 Å². The molecule has 0 aliphatic rings. The molecule has 0 aliphatic carbocycles. The van der Waals surface area contributed by atoms with Crippen LogP contribution in [0.2, 0.25) is 5.02 Å². The van der Waals surface area contributed by atoms with E-state index >= 15 is 0 Å². The number of hydrogen-bond donors (Lipinski definition) is 1. The zero-order valence-corrected chi connectivity index (χ0v) is 16.0. The molecule has 2 aromatic carbocycles. The summed E-state index contributed by atoms with van der Waals surface area (Å²) in [5.74, 6) is -0.299. The third kappa shape index (κ3) is 4.96. The fraction of sp³-hybridized carbons (Fsp3) is 0.278. The summed E-state index contributed by atoms with van der Waals surface area (Å²) in [6, 6.07) is 12.4. The molecular weight excluding hydrogens is 360 g/mol. The number of sulfonamides is 1. The standard InChI is InChI=1S/C18H21ClN2O3S/c1-13-7-6-10-17(14(13)2)21(25(3,23)24)12-11-18(22)20-16-9-5-4-8-15(16)19/h4-10H,11-12H2,1-3H3,(H,20,22). The number of hydrogen-bond acceptors (Lipinski definition) is 3. The Morgan fingerprint density at radius 3 is 2.44 bits per heavy atom. The second kappa shape index (κ2) is 7.89. The van der Waals surface area contributed by atoms with Gasteiger partial charge in [-0.25, -0.2) is 8.42 Å². The van der Waals surface area contributed by atoms with Crippen LogP contribution in [0.25, 0.3) is 0 Å². The predicted molar refractivity (Wildman–Crippen MR) is 103 cm³/mol. The molecule has 0 radical (unpaired) electrons. The van der Waals surface area contributed by atoms with E-state index < -0.39 is 10.0 Å². The van der Waals surface area contributed by atoms with E-state index in [1.165, 1.54) is 4.31 Å². The van der Waals surface area contributed by atoms with Crippen LogP contribution in [0.4, 0.5) is 11.4 Å². The Balaban J connectivity index is 2.15. The summed E-state index contributed by atoms with van der Waals surface area (Å²) >= 11 is 6.02. The lowest BCUT2D eigenvalue weighted by molar-refractivity contribution is -0.116. The number of anilines is 2. The molecule has 0 heterocycles. The normalized spacial score (nSPS) is 11.2. The molecule has 0 aliphatic heterocycles. The van der Waals surface area contributed by atoms with Crippen molar-refractivity contribution in [2.45, 2.75) is 20.3 Å². The Morgan fingerprint density at radius 2 is 1.80 bits per heavy atom. The molecular formula is C18H21ClN2O3S. The third-order valence-electron chi connectivity index (χ3n) is 3.93. The maximum Gasteiger partial charge on any atom is 0.232 e. The first-order chi connectivity index (χ1) is 11.7. The third-order valence-corrected chi connectivity index (χ3v) is 5.44. The SMILES string of the molecule is Cc1cccc(N(CCC(=O)Nc2ccccc2Cl)S(C)(=O)=O)c1C. The van der Waals surface area contributed by atoms with Gasteiger partial charge >= 0.3 is 0 Å². The summed E-state index contributed by atoms with van der Waals surface area (Å²) in [5, 5.41) is 3.14. The second-order valence-corrected chi connectivity index (χ2v) is 8.15. The quantitative estimate of drug-likeness (QED) is 0.829. The summed E-state index contributed by atoms with van der Waals surface area (Å²) in [6.45, 7) is 3.84. The Bertz CT molecular complexity index is 882. The van der Waals surface area contributed by atoms with Crippen LogP contribution < -0.4 is 9.62 Å². The minimum Gasteiger partial charge on any atom is -0.325 e. The van der Waals surface area contributed by atoms with Gasteiger partial charge in [0.15, 0.2) is 0 Å². The van der Waals surface area contributed by atoms with Gasteiger partial charge in [-0.3, -0.25) is 9.10 Å². The molecule has 0 atom stereocenters. The van der Waals surface area contributed by atoms with Crippen LogP contribution in [0.15, 0.2) is 42.5 Å². The molecule has 1 N–H and O–H groups in total. The van der Waals surface area contributed by atoms with Gasteiger partial charge in [-0.05, 0) is 43.2 Å². The number of carbonyl (C=O) groups is 1. The van der Waals surface area contributed by atoms with E-state index in [2.05, 4.69) is 5.32 Å². The lowest BCUT2D eigenvalue weighted by Gasteiger charge is -2.24. The minimum atomic E-state index is -3.51. The lowest BCUT2D eigenvalue weighted by atomic mass is 10.1. The van der Waals surface area contributed by atoms with Crippen molar-refractivity contribution in [2.75, 3.05) is 22.4 Å². The van der Waals surface area contributed by atoms with Crippen molar-refractivity contribution in [3.63, 3.8) is 0 Å². The van der Waals surface area contributed by atoms with Gasteiger partial charge in [-0.15, -0.1) is 0 Å². The number of amides is 1. The lowest BCUT2D eigenvalue weighted by Crippen LogP contribution is -2.33. The highest BCUT2D eigenvalue weighted by Crippen LogP contribution is 2.25. The first-order valence-electron chi connectivity index (χ1n) is 7.78. The highest BCUT2D eigenvalue weighted by molar-refractivity contribution is 7.92. The molecule has 0 bridgehead atoms. The predicted octanol–water partition coefficient (Wildman–Crippen LogP) is 3.75. The summed E-state index contributed by atoms with van der Waals surface area (Å²) in [7, 11) is -3.51. The van der Waals surface area contributed by atoms with Gasteiger partial charge in [0.2, 0.25) is 15.9 Å². The number of carbonyl (C=O) groups excluding carboxylic acids is 1. The van der Waals surface area contributed by atoms with Gasteiger partial charge in [0, 0.05) is 13.0 Å². The average Bonchev–Trinajstić information content (AvgIpc) is 2.52. The number of aryl methyl sites for hydroxylation is 1. The first kappa shape index (κ1) is 19.3. The van der Waals surface area contributed by atoms with E-state index in [1.807, 2.05) is 19.9 Å². The van der Waals surface area contributed by atoms with Crippen molar-refractivity contribution in [2.24, 2.45) is 0 Å². The van der Waals surface area contributed by atoms with Crippen LogP contribution in [0, 0.1) is 13.8 Å². The first-order valence-corrected chi connectivity index (χ1v) is 10.0. The topological polar surface area (TPSA) is 66.5 Å². The molecule has 0 aromatic heterocycles. The van der Waals surface area contributed by atoms with Gasteiger partial charge in [0.05, 0.1) is 22.7 Å². The molecule has 0 saturated carbocycles. The maximum atomic E-state index is 12.2. The second-order valence-electron chi connectivity index (χ2n) is 5.83. The highest BCUT2D eigenvalue weighted by Gasteiger charge is 2.21. The summed E-state index contributed by atoms with van der Waals surface area (Å²) in [4.78, 5) is 12.2. The van der Waals surface area contributed by atoms with Crippen LogP contribution in [0.5, 0.6) is 0 Å². The van der Waals surface area contributed by atoms with Crippen LogP contribution >= 0.6 is 11.6 Å². The molecule has 0 spiro atoms.